The standard InChI is InChI=1S/C15H11N3O2/c1-2-4-12(5-3-1)19-14-7-6-13(10-18-14)20-15-11-16-8-9-17-15/h1-11H. The molecule has 5 nitrogen and oxygen atoms in total. The molecular formula is C15H11N3O2. The van der Waals surface area contributed by atoms with Gasteiger partial charge >= 0.3 is 0 Å². The molecule has 0 N–H and O–H groups in total. The van der Waals surface area contributed by atoms with Crippen molar-refractivity contribution in [3.63, 3.8) is 0 Å². The van der Waals surface area contributed by atoms with Gasteiger partial charge in [-0.25, -0.2) is 9.97 Å². The van der Waals surface area contributed by atoms with Gasteiger partial charge in [0.15, 0.2) is 0 Å². The fourth-order valence-corrected chi connectivity index (χ4v) is 1.56. The van der Waals surface area contributed by atoms with Gasteiger partial charge in [0.1, 0.15) is 11.5 Å². The highest BCUT2D eigenvalue weighted by Crippen LogP contribution is 2.22. The molecule has 0 saturated carbocycles. The SMILES string of the molecule is c1ccc(Oc2ccc(Oc3cnccn3)cn2)cc1. The van der Waals surface area contributed by atoms with Gasteiger partial charge in [-0.15, -0.1) is 0 Å². The Hall–Kier alpha value is -2.95. The minimum atomic E-state index is 0.422. The van der Waals surface area contributed by atoms with E-state index in [0.29, 0.717) is 17.5 Å². The number of hydrogen-bond donors (Lipinski definition) is 0. The van der Waals surface area contributed by atoms with Crippen molar-refractivity contribution in [1.82, 2.24) is 15.0 Å². The first kappa shape index (κ1) is 12.1. The van der Waals surface area contributed by atoms with Gasteiger partial charge in [-0.2, -0.15) is 0 Å². The van der Waals surface area contributed by atoms with E-state index < -0.39 is 0 Å². The molecule has 5 heteroatoms. The lowest BCUT2D eigenvalue weighted by Gasteiger charge is -2.06. The van der Waals surface area contributed by atoms with E-state index in [-0.39, 0.29) is 0 Å². The van der Waals surface area contributed by atoms with Crippen LogP contribution in [0.15, 0.2) is 67.3 Å². The first-order valence-electron chi connectivity index (χ1n) is 6.03. The van der Waals surface area contributed by atoms with E-state index in [1.54, 1.807) is 30.7 Å². The number of benzene rings is 1. The van der Waals surface area contributed by atoms with Crippen LogP contribution in [0.5, 0.6) is 23.3 Å². The molecular weight excluding hydrogens is 254 g/mol. The number of para-hydroxylation sites is 1. The van der Waals surface area contributed by atoms with Crippen LogP contribution in [0, 0.1) is 0 Å². The molecule has 20 heavy (non-hydrogen) atoms. The van der Waals surface area contributed by atoms with Crippen molar-refractivity contribution in [2.45, 2.75) is 0 Å². The quantitative estimate of drug-likeness (QED) is 0.723. The smallest absolute Gasteiger partial charge is 0.237 e. The summed E-state index contributed by atoms with van der Waals surface area (Å²) in [5, 5.41) is 0. The van der Waals surface area contributed by atoms with E-state index in [1.807, 2.05) is 30.3 Å². The summed E-state index contributed by atoms with van der Waals surface area (Å²) >= 11 is 0. The fraction of sp³-hybridized carbons (Fsp3) is 0. The molecule has 0 radical (unpaired) electrons. The molecule has 0 amide bonds. The van der Waals surface area contributed by atoms with E-state index in [0.717, 1.165) is 5.75 Å². The summed E-state index contributed by atoms with van der Waals surface area (Å²) in [5.41, 5.74) is 0. The summed E-state index contributed by atoms with van der Waals surface area (Å²) in [6, 6.07) is 13.0. The van der Waals surface area contributed by atoms with Crippen LogP contribution in [-0.4, -0.2) is 15.0 Å². The summed E-state index contributed by atoms with van der Waals surface area (Å²) in [4.78, 5) is 12.1. The molecule has 3 rings (SSSR count). The number of rotatable bonds is 4. The highest BCUT2D eigenvalue weighted by molar-refractivity contribution is 5.30. The van der Waals surface area contributed by atoms with Crippen LogP contribution in [-0.2, 0) is 0 Å². The molecule has 0 atom stereocenters. The predicted octanol–water partition coefficient (Wildman–Crippen LogP) is 3.46. The maximum atomic E-state index is 5.59. The second kappa shape index (κ2) is 5.79. The molecule has 2 heterocycles. The zero-order valence-corrected chi connectivity index (χ0v) is 10.5. The number of pyridine rings is 1. The van der Waals surface area contributed by atoms with Gasteiger partial charge in [-0.3, -0.25) is 4.98 Å². The zero-order valence-electron chi connectivity index (χ0n) is 10.5. The monoisotopic (exact) mass is 265 g/mol. The van der Waals surface area contributed by atoms with Crippen molar-refractivity contribution in [3.05, 3.63) is 67.3 Å². The van der Waals surface area contributed by atoms with Crippen LogP contribution in [0.3, 0.4) is 0 Å². The largest absolute Gasteiger partial charge is 0.439 e. The topological polar surface area (TPSA) is 57.1 Å². The van der Waals surface area contributed by atoms with Crippen molar-refractivity contribution in [1.29, 1.82) is 0 Å². The van der Waals surface area contributed by atoms with Gasteiger partial charge in [0.2, 0.25) is 11.8 Å². The molecule has 0 aliphatic rings. The number of nitrogens with zero attached hydrogens (tertiary/aromatic N) is 3. The fourth-order valence-electron chi connectivity index (χ4n) is 1.56. The van der Waals surface area contributed by atoms with E-state index in [1.165, 1.54) is 6.20 Å². The normalized spacial score (nSPS) is 10.0. The minimum absolute atomic E-state index is 0.422. The zero-order chi connectivity index (χ0) is 13.6. The van der Waals surface area contributed by atoms with Crippen LogP contribution in [0.1, 0.15) is 0 Å². The Morgan fingerprint density at radius 1 is 0.650 bits per heavy atom. The Balaban J connectivity index is 1.69. The number of hydrogen-bond acceptors (Lipinski definition) is 5. The molecule has 98 valence electrons. The lowest BCUT2D eigenvalue weighted by Crippen LogP contribution is -1.91. The molecule has 0 aliphatic heterocycles. The van der Waals surface area contributed by atoms with Gasteiger partial charge in [0.25, 0.3) is 0 Å². The first-order chi connectivity index (χ1) is 9.90. The second-order valence-corrected chi connectivity index (χ2v) is 3.89. The Labute approximate surface area is 115 Å². The Kier molecular flexibility index (Phi) is 3.51. The third-order valence-electron chi connectivity index (χ3n) is 2.44. The van der Waals surface area contributed by atoms with Gasteiger partial charge in [-0.1, -0.05) is 18.2 Å². The third kappa shape index (κ3) is 3.08. The molecule has 0 spiro atoms. The van der Waals surface area contributed by atoms with E-state index >= 15 is 0 Å². The maximum Gasteiger partial charge on any atom is 0.237 e. The molecule has 0 saturated heterocycles. The van der Waals surface area contributed by atoms with Crippen LogP contribution < -0.4 is 9.47 Å². The van der Waals surface area contributed by atoms with E-state index in [2.05, 4.69) is 15.0 Å². The average Bonchev–Trinajstić information content (AvgIpc) is 2.51. The Morgan fingerprint density at radius 2 is 1.50 bits per heavy atom. The van der Waals surface area contributed by atoms with Crippen molar-refractivity contribution < 1.29 is 9.47 Å². The molecule has 0 aliphatic carbocycles. The number of ether oxygens (including phenoxy) is 2. The first-order valence-corrected chi connectivity index (χ1v) is 6.03. The average molecular weight is 265 g/mol. The Morgan fingerprint density at radius 3 is 2.20 bits per heavy atom. The Bertz CT molecular complexity index is 597. The third-order valence-corrected chi connectivity index (χ3v) is 2.44. The highest BCUT2D eigenvalue weighted by Gasteiger charge is 2.01. The number of aromatic nitrogens is 3. The van der Waals surface area contributed by atoms with Crippen LogP contribution >= 0.6 is 0 Å². The van der Waals surface area contributed by atoms with Crippen LogP contribution in [0.25, 0.3) is 0 Å². The summed E-state index contributed by atoms with van der Waals surface area (Å²) in [5.74, 6) is 2.24. The summed E-state index contributed by atoms with van der Waals surface area (Å²) in [6.45, 7) is 0. The molecule has 1 aromatic carbocycles. The van der Waals surface area contributed by atoms with Gasteiger partial charge < -0.3 is 9.47 Å². The van der Waals surface area contributed by atoms with Crippen molar-refractivity contribution >= 4 is 0 Å². The predicted molar refractivity (Wildman–Crippen MR) is 72.9 cm³/mol. The van der Waals surface area contributed by atoms with Gasteiger partial charge in [-0.05, 0) is 18.2 Å². The highest BCUT2D eigenvalue weighted by atomic mass is 16.5. The minimum Gasteiger partial charge on any atom is -0.439 e. The summed E-state index contributed by atoms with van der Waals surface area (Å²) in [7, 11) is 0. The molecule has 3 aromatic rings. The molecule has 0 unspecified atom stereocenters. The summed E-state index contributed by atoms with van der Waals surface area (Å²) < 4.78 is 11.1. The van der Waals surface area contributed by atoms with Gasteiger partial charge in [0, 0.05) is 18.5 Å². The molecule has 2 aromatic heterocycles. The van der Waals surface area contributed by atoms with Crippen molar-refractivity contribution in [2.75, 3.05) is 0 Å². The van der Waals surface area contributed by atoms with Crippen LogP contribution in [0.4, 0.5) is 0 Å². The maximum absolute atomic E-state index is 5.59. The second-order valence-electron chi connectivity index (χ2n) is 3.89. The van der Waals surface area contributed by atoms with E-state index in [9.17, 15) is 0 Å². The lowest BCUT2D eigenvalue weighted by molar-refractivity contribution is 0.442. The lowest BCUT2D eigenvalue weighted by atomic mass is 10.3. The molecule has 0 bridgehead atoms. The van der Waals surface area contributed by atoms with Gasteiger partial charge in [0.05, 0.1) is 12.4 Å². The summed E-state index contributed by atoms with van der Waals surface area (Å²) in [6.07, 6.45) is 6.26. The van der Waals surface area contributed by atoms with Crippen molar-refractivity contribution in [2.24, 2.45) is 0 Å². The van der Waals surface area contributed by atoms with Crippen LogP contribution in [0.2, 0.25) is 0 Å². The molecule has 0 fully saturated rings. The van der Waals surface area contributed by atoms with E-state index in [4.69, 9.17) is 9.47 Å². The van der Waals surface area contributed by atoms with Crippen molar-refractivity contribution in [3.8, 4) is 23.3 Å².